The van der Waals surface area contributed by atoms with Gasteiger partial charge in [-0.1, -0.05) is 12.1 Å². The molecule has 5 nitrogen and oxygen atoms in total. The second-order valence-corrected chi connectivity index (χ2v) is 3.69. The zero-order chi connectivity index (χ0) is 13.1. The van der Waals surface area contributed by atoms with Crippen LogP contribution >= 0.6 is 0 Å². The van der Waals surface area contributed by atoms with Crippen molar-refractivity contribution < 1.29 is 19.4 Å². The molecule has 0 radical (unpaired) electrons. The van der Waals surface area contributed by atoms with E-state index in [4.69, 9.17) is 14.6 Å². The van der Waals surface area contributed by atoms with E-state index in [1.807, 2.05) is 0 Å². The molecule has 0 aliphatic rings. The predicted molar refractivity (Wildman–Crippen MR) is 65.1 cm³/mol. The van der Waals surface area contributed by atoms with Crippen LogP contribution in [-0.4, -0.2) is 16.2 Å². The molecular formula is C13H10O5. The Morgan fingerprint density at radius 2 is 2.11 bits per heavy atom. The van der Waals surface area contributed by atoms with Gasteiger partial charge in [-0.2, -0.15) is 0 Å². The number of rotatable bonds is 3. The van der Waals surface area contributed by atoms with Crippen LogP contribution in [0.1, 0.15) is 11.1 Å². The maximum atomic E-state index is 11.6. The molecule has 0 amide bonds. The molecule has 2 rings (SSSR count). The van der Waals surface area contributed by atoms with Crippen molar-refractivity contribution >= 4 is 23.0 Å². The van der Waals surface area contributed by atoms with Crippen LogP contribution in [0.2, 0.25) is 0 Å². The normalized spacial score (nSPS) is 11.2. The van der Waals surface area contributed by atoms with E-state index in [1.54, 1.807) is 24.3 Å². The van der Waals surface area contributed by atoms with Gasteiger partial charge in [-0.25, -0.2) is 9.59 Å². The summed E-state index contributed by atoms with van der Waals surface area (Å²) in [5.74, 6) is -1.13. The predicted octanol–water partition coefficient (Wildman–Crippen LogP) is 1.38. The van der Waals surface area contributed by atoms with Gasteiger partial charge < -0.3 is 14.6 Å². The number of carbonyl (C=O) groups is 1. The van der Waals surface area contributed by atoms with E-state index in [0.29, 0.717) is 16.5 Å². The number of hydrogen-bond acceptors (Lipinski definition) is 4. The molecule has 0 bridgehead atoms. The van der Waals surface area contributed by atoms with E-state index < -0.39 is 11.6 Å². The number of aliphatic hydroxyl groups excluding tert-OH is 1. The van der Waals surface area contributed by atoms with Crippen LogP contribution in [-0.2, 0) is 11.4 Å². The van der Waals surface area contributed by atoms with Gasteiger partial charge >= 0.3 is 11.6 Å². The average Bonchev–Trinajstić information content (AvgIpc) is 2.35. The van der Waals surface area contributed by atoms with Crippen molar-refractivity contribution in [3.63, 3.8) is 0 Å². The van der Waals surface area contributed by atoms with Crippen molar-refractivity contribution in [3.05, 3.63) is 51.9 Å². The topological polar surface area (TPSA) is 87.7 Å². The molecule has 0 saturated carbocycles. The number of carboxylic acids is 1. The first-order valence-corrected chi connectivity index (χ1v) is 5.19. The Morgan fingerprint density at radius 1 is 1.33 bits per heavy atom. The van der Waals surface area contributed by atoms with Crippen molar-refractivity contribution in [3.8, 4) is 0 Å². The Morgan fingerprint density at radius 3 is 2.78 bits per heavy atom. The smallest absolute Gasteiger partial charge is 0.343 e. The molecule has 5 heteroatoms. The lowest BCUT2D eigenvalue weighted by Crippen LogP contribution is -2.03. The fourth-order valence-electron chi connectivity index (χ4n) is 1.55. The van der Waals surface area contributed by atoms with Gasteiger partial charge in [0.25, 0.3) is 0 Å². The monoisotopic (exact) mass is 246 g/mol. The van der Waals surface area contributed by atoms with Crippen LogP contribution in [0, 0.1) is 0 Å². The summed E-state index contributed by atoms with van der Waals surface area (Å²) in [5, 5.41) is 18.1. The van der Waals surface area contributed by atoms with Gasteiger partial charge in [0.05, 0.1) is 12.2 Å². The number of aliphatic hydroxyl groups is 1. The van der Waals surface area contributed by atoms with Crippen LogP contribution in [0.25, 0.3) is 17.0 Å². The average molecular weight is 246 g/mol. The molecule has 0 aliphatic carbocycles. The molecule has 92 valence electrons. The minimum atomic E-state index is -1.13. The van der Waals surface area contributed by atoms with E-state index in [0.717, 1.165) is 6.08 Å². The van der Waals surface area contributed by atoms with Crippen LogP contribution in [0.4, 0.5) is 0 Å². The summed E-state index contributed by atoms with van der Waals surface area (Å²) in [6.45, 7) is -0.139. The molecule has 0 unspecified atom stereocenters. The van der Waals surface area contributed by atoms with E-state index in [2.05, 4.69) is 0 Å². The largest absolute Gasteiger partial charge is 0.478 e. The lowest BCUT2D eigenvalue weighted by Gasteiger charge is -2.00. The quantitative estimate of drug-likeness (QED) is 0.631. The second-order valence-electron chi connectivity index (χ2n) is 3.69. The van der Waals surface area contributed by atoms with E-state index in [-0.39, 0.29) is 12.2 Å². The molecule has 1 aromatic carbocycles. The number of carboxylic acid groups (broad SMARTS) is 1. The Hall–Kier alpha value is -2.40. The van der Waals surface area contributed by atoms with Gasteiger partial charge in [0, 0.05) is 11.5 Å². The van der Waals surface area contributed by atoms with Gasteiger partial charge in [0.1, 0.15) is 5.58 Å². The molecule has 0 saturated heterocycles. The first kappa shape index (κ1) is 12.1. The first-order valence-electron chi connectivity index (χ1n) is 5.19. The summed E-state index contributed by atoms with van der Waals surface area (Å²) in [5.41, 5.74) is 0.551. The number of fused-ring (bicyclic) bond motifs is 1. The van der Waals surface area contributed by atoms with Crippen LogP contribution < -0.4 is 5.63 Å². The van der Waals surface area contributed by atoms with Crippen LogP contribution in [0.5, 0.6) is 0 Å². The lowest BCUT2D eigenvalue weighted by atomic mass is 10.1. The minimum Gasteiger partial charge on any atom is -0.478 e. The third-order valence-electron chi connectivity index (χ3n) is 2.42. The molecule has 1 heterocycles. The van der Waals surface area contributed by atoms with E-state index in [9.17, 15) is 9.59 Å². The molecule has 1 aromatic heterocycles. The maximum absolute atomic E-state index is 11.6. The SMILES string of the molecule is O=C(O)/C=C/c1cc2ccc(CO)cc2oc1=O. The zero-order valence-corrected chi connectivity index (χ0v) is 9.29. The van der Waals surface area contributed by atoms with Gasteiger partial charge in [0.2, 0.25) is 0 Å². The Kier molecular flexibility index (Phi) is 3.25. The van der Waals surface area contributed by atoms with Crippen molar-refractivity contribution in [1.29, 1.82) is 0 Å². The molecule has 2 N–H and O–H groups in total. The van der Waals surface area contributed by atoms with Gasteiger partial charge in [-0.3, -0.25) is 0 Å². The molecule has 2 aromatic rings. The summed E-state index contributed by atoms with van der Waals surface area (Å²) in [4.78, 5) is 22.0. The summed E-state index contributed by atoms with van der Waals surface area (Å²) >= 11 is 0. The fourth-order valence-corrected chi connectivity index (χ4v) is 1.55. The molecule has 0 atom stereocenters. The van der Waals surface area contributed by atoms with Crippen molar-refractivity contribution in [2.45, 2.75) is 6.61 Å². The maximum Gasteiger partial charge on any atom is 0.343 e. The number of benzene rings is 1. The highest BCUT2D eigenvalue weighted by atomic mass is 16.4. The van der Waals surface area contributed by atoms with Gasteiger partial charge in [-0.05, 0) is 23.8 Å². The van der Waals surface area contributed by atoms with Crippen molar-refractivity contribution in [1.82, 2.24) is 0 Å². The third kappa shape index (κ3) is 2.46. The van der Waals surface area contributed by atoms with Crippen LogP contribution in [0.3, 0.4) is 0 Å². The molecular weight excluding hydrogens is 236 g/mol. The Labute approximate surface area is 102 Å². The molecule has 18 heavy (non-hydrogen) atoms. The Bertz CT molecular complexity index is 681. The second kappa shape index (κ2) is 4.85. The highest BCUT2D eigenvalue weighted by Gasteiger charge is 2.04. The molecule has 0 aliphatic heterocycles. The highest BCUT2D eigenvalue weighted by molar-refractivity contribution is 5.86. The Balaban J connectivity index is 2.56. The standard InChI is InChI=1S/C13H10O5/c14-7-8-1-2-9-6-10(3-4-12(15)16)13(17)18-11(9)5-8/h1-6,14H,7H2,(H,15,16)/b4-3+. The van der Waals surface area contributed by atoms with Gasteiger partial charge in [-0.15, -0.1) is 0 Å². The summed E-state index contributed by atoms with van der Waals surface area (Å²) in [6.07, 6.45) is 2.06. The zero-order valence-electron chi connectivity index (χ0n) is 9.29. The van der Waals surface area contributed by atoms with Crippen LogP contribution in [0.15, 0.2) is 39.6 Å². The summed E-state index contributed by atoms with van der Waals surface area (Å²) in [6, 6.07) is 6.51. The van der Waals surface area contributed by atoms with Crippen molar-refractivity contribution in [2.24, 2.45) is 0 Å². The fraction of sp³-hybridized carbons (Fsp3) is 0.0769. The first-order chi connectivity index (χ1) is 8.60. The number of aliphatic carboxylic acids is 1. The van der Waals surface area contributed by atoms with Crippen molar-refractivity contribution in [2.75, 3.05) is 0 Å². The highest BCUT2D eigenvalue weighted by Crippen LogP contribution is 2.16. The third-order valence-corrected chi connectivity index (χ3v) is 2.42. The van der Waals surface area contributed by atoms with Gasteiger partial charge in [0.15, 0.2) is 0 Å². The molecule has 0 fully saturated rings. The van der Waals surface area contributed by atoms with E-state index >= 15 is 0 Å². The number of hydrogen-bond donors (Lipinski definition) is 2. The molecule has 0 spiro atoms. The summed E-state index contributed by atoms with van der Waals surface area (Å²) in [7, 11) is 0. The van der Waals surface area contributed by atoms with E-state index in [1.165, 1.54) is 6.08 Å². The minimum absolute atomic E-state index is 0.139. The summed E-state index contributed by atoms with van der Waals surface area (Å²) < 4.78 is 5.06. The lowest BCUT2D eigenvalue weighted by molar-refractivity contribution is -0.131.